The molecular weight excluding hydrogens is 382 g/mol. The van der Waals surface area contributed by atoms with E-state index in [-0.39, 0.29) is 18.2 Å². The summed E-state index contributed by atoms with van der Waals surface area (Å²) in [6, 6.07) is 0.209. The van der Waals surface area contributed by atoms with Gasteiger partial charge in [0.25, 0.3) is 0 Å². The van der Waals surface area contributed by atoms with Crippen LogP contribution in [-0.4, -0.2) is 38.9 Å². The monoisotopic (exact) mass is 407 g/mol. The predicted molar refractivity (Wildman–Crippen MR) is 106 cm³/mol. The van der Waals surface area contributed by atoms with E-state index in [1.54, 1.807) is 6.20 Å². The first-order valence-corrected chi connectivity index (χ1v) is 9.72. The van der Waals surface area contributed by atoms with E-state index in [2.05, 4.69) is 25.8 Å². The maximum Gasteiger partial charge on any atom is 0.407 e. The smallest absolute Gasteiger partial charge is 0.407 e. The van der Waals surface area contributed by atoms with Crippen molar-refractivity contribution in [3.8, 4) is 11.3 Å². The lowest BCUT2D eigenvalue weighted by Crippen LogP contribution is -2.38. The molecule has 1 unspecified atom stereocenters. The van der Waals surface area contributed by atoms with Crippen molar-refractivity contribution in [1.82, 2.24) is 20.4 Å². The highest BCUT2D eigenvalue weighted by Gasteiger charge is 2.28. The Hall–Kier alpha value is -2.35. The third kappa shape index (κ3) is 4.92. The molecule has 0 radical (unpaired) electrons. The zero-order valence-corrected chi connectivity index (χ0v) is 17.6. The molecular formula is C19H26ClN5O3. The molecule has 1 aliphatic carbocycles. The van der Waals surface area contributed by atoms with E-state index < -0.39 is 5.60 Å². The summed E-state index contributed by atoms with van der Waals surface area (Å²) in [7, 11) is 0. The van der Waals surface area contributed by atoms with Crippen LogP contribution in [0.4, 0.5) is 10.7 Å². The molecule has 0 bridgehead atoms. The second kappa shape index (κ2) is 7.95. The molecule has 0 aromatic carbocycles. The molecule has 2 aromatic rings. The van der Waals surface area contributed by atoms with Gasteiger partial charge in [-0.1, -0.05) is 16.8 Å². The summed E-state index contributed by atoms with van der Waals surface area (Å²) in [5, 5.41) is 10.7. The summed E-state index contributed by atoms with van der Waals surface area (Å²) in [5.74, 6) is 1.15. The van der Waals surface area contributed by atoms with E-state index in [4.69, 9.17) is 20.9 Å². The van der Waals surface area contributed by atoms with Crippen LogP contribution in [0.1, 0.15) is 51.5 Å². The second-order valence-electron chi connectivity index (χ2n) is 8.09. The highest BCUT2D eigenvalue weighted by Crippen LogP contribution is 2.32. The SMILES string of the molecule is Cc1noc(C)c1-c1nc(NC2CC[C@@H](NC(=O)OC(C)(C)C)C2)ncc1Cl. The van der Waals surface area contributed by atoms with Crippen molar-refractivity contribution in [2.24, 2.45) is 0 Å². The third-order valence-electron chi connectivity index (χ3n) is 4.50. The predicted octanol–water partition coefficient (Wildman–Crippen LogP) is 4.26. The lowest BCUT2D eigenvalue weighted by atomic mass is 10.1. The number of nitrogens with one attached hydrogen (secondary N) is 2. The fourth-order valence-corrected chi connectivity index (χ4v) is 3.52. The Balaban J connectivity index is 1.64. The van der Waals surface area contributed by atoms with Gasteiger partial charge >= 0.3 is 6.09 Å². The van der Waals surface area contributed by atoms with Crippen LogP contribution < -0.4 is 10.6 Å². The van der Waals surface area contributed by atoms with Gasteiger partial charge in [-0.2, -0.15) is 0 Å². The maximum atomic E-state index is 11.9. The Bertz CT molecular complexity index is 842. The first-order chi connectivity index (χ1) is 13.1. The maximum absolute atomic E-state index is 11.9. The Labute approximate surface area is 169 Å². The third-order valence-corrected chi connectivity index (χ3v) is 4.78. The standard InChI is InChI=1S/C19H26ClN5O3/c1-10-15(11(2)28-25-10)16-14(20)9-21-17(24-16)22-12-6-7-13(8-12)23-18(26)27-19(3,4)5/h9,12-13H,6-8H2,1-5H3,(H,23,26)(H,21,22,24)/t12?,13-/m1/s1. The molecule has 0 spiro atoms. The molecule has 2 heterocycles. The first kappa shape index (κ1) is 20.4. The second-order valence-corrected chi connectivity index (χ2v) is 8.49. The minimum Gasteiger partial charge on any atom is -0.444 e. The average molecular weight is 408 g/mol. The Kier molecular flexibility index (Phi) is 5.79. The van der Waals surface area contributed by atoms with Crippen LogP contribution in [0, 0.1) is 13.8 Å². The molecule has 0 aliphatic heterocycles. The zero-order chi connectivity index (χ0) is 20.5. The number of hydrogen-bond acceptors (Lipinski definition) is 7. The van der Waals surface area contributed by atoms with Gasteiger partial charge in [0.05, 0.1) is 28.2 Å². The van der Waals surface area contributed by atoms with E-state index in [1.165, 1.54) is 0 Å². The van der Waals surface area contributed by atoms with Crippen molar-refractivity contribution in [1.29, 1.82) is 0 Å². The highest BCUT2D eigenvalue weighted by atomic mass is 35.5. The Morgan fingerprint density at radius 1 is 1.29 bits per heavy atom. The van der Waals surface area contributed by atoms with Crippen molar-refractivity contribution in [2.45, 2.75) is 71.6 Å². The summed E-state index contributed by atoms with van der Waals surface area (Å²) >= 11 is 6.30. The van der Waals surface area contributed by atoms with Crippen LogP contribution in [0.2, 0.25) is 5.02 Å². The van der Waals surface area contributed by atoms with Crippen molar-refractivity contribution in [3.05, 3.63) is 22.7 Å². The van der Waals surface area contributed by atoms with Gasteiger partial charge in [-0.3, -0.25) is 0 Å². The zero-order valence-electron chi connectivity index (χ0n) is 16.8. The number of hydrogen-bond donors (Lipinski definition) is 2. The minimum atomic E-state index is -0.508. The Morgan fingerprint density at radius 3 is 2.64 bits per heavy atom. The van der Waals surface area contributed by atoms with Crippen LogP contribution >= 0.6 is 11.6 Å². The van der Waals surface area contributed by atoms with Crippen LogP contribution in [0.15, 0.2) is 10.7 Å². The van der Waals surface area contributed by atoms with E-state index in [9.17, 15) is 4.79 Å². The molecule has 1 saturated carbocycles. The van der Waals surface area contributed by atoms with E-state index >= 15 is 0 Å². The van der Waals surface area contributed by atoms with Gasteiger partial charge in [-0.05, 0) is 53.9 Å². The quantitative estimate of drug-likeness (QED) is 0.780. The van der Waals surface area contributed by atoms with E-state index in [0.717, 1.165) is 30.5 Å². The van der Waals surface area contributed by atoms with Gasteiger partial charge in [0, 0.05) is 12.1 Å². The van der Waals surface area contributed by atoms with Gasteiger partial charge in [0.15, 0.2) is 0 Å². The number of aryl methyl sites for hydroxylation is 2. The van der Waals surface area contributed by atoms with Crippen LogP contribution in [0.25, 0.3) is 11.3 Å². The number of alkyl carbamates (subject to hydrolysis) is 1. The van der Waals surface area contributed by atoms with Gasteiger partial charge in [0.1, 0.15) is 11.4 Å². The fraction of sp³-hybridized carbons (Fsp3) is 0.579. The number of anilines is 1. The number of rotatable bonds is 4. The summed E-state index contributed by atoms with van der Waals surface area (Å²) in [4.78, 5) is 20.8. The first-order valence-electron chi connectivity index (χ1n) is 9.34. The molecule has 0 saturated heterocycles. The van der Waals surface area contributed by atoms with Crippen molar-refractivity contribution < 1.29 is 14.1 Å². The summed E-state index contributed by atoms with van der Waals surface area (Å²) in [5.41, 5.74) is 1.60. The summed E-state index contributed by atoms with van der Waals surface area (Å²) < 4.78 is 10.5. The van der Waals surface area contributed by atoms with Crippen molar-refractivity contribution in [2.75, 3.05) is 5.32 Å². The number of halogens is 1. The molecule has 2 N–H and O–H groups in total. The number of amides is 1. The van der Waals surface area contributed by atoms with Crippen LogP contribution in [0.3, 0.4) is 0 Å². The van der Waals surface area contributed by atoms with Gasteiger partial charge < -0.3 is 19.9 Å². The van der Waals surface area contributed by atoms with Crippen molar-refractivity contribution in [3.63, 3.8) is 0 Å². The molecule has 2 aromatic heterocycles. The number of ether oxygens (including phenoxy) is 1. The fourth-order valence-electron chi connectivity index (χ4n) is 3.33. The molecule has 152 valence electrons. The average Bonchev–Trinajstić information content (AvgIpc) is 3.14. The van der Waals surface area contributed by atoms with Crippen LogP contribution in [0.5, 0.6) is 0 Å². The van der Waals surface area contributed by atoms with Crippen molar-refractivity contribution >= 4 is 23.6 Å². The lowest BCUT2D eigenvalue weighted by Gasteiger charge is -2.21. The lowest BCUT2D eigenvalue weighted by molar-refractivity contribution is 0.0505. The molecule has 1 fully saturated rings. The number of aromatic nitrogens is 3. The molecule has 1 amide bonds. The van der Waals surface area contributed by atoms with Gasteiger partial charge in [0.2, 0.25) is 5.95 Å². The van der Waals surface area contributed by atoms with Gasteiger partial charge in [-0.15, -0.1) is 0 Å². The molecule has 3 rings (SSSR count). The normalized spacial score (nSPS) is 19.5. The topological polar surface area (TPSA) is 102 Å². The van der Waals surface area contributed by atoms with E-state index in [0.29, 0.717) is 22.4 Å². The number of carbonyl (C=O) groups is 1. The number of carbonyl (C=O) groups excluding carboxylic acids is 1. The summed E-state index contributed by atoms with van der Waals surface area (Å²) in [6.45, 7) is 9.21. The molecule has 1 aliphatic rings. The molecule has 2 atom stereocenters. The highest BCUT2D eigenvalue weighted by molar-refractivity contribution is 6.33. The molecule has 28 heavy (non-hydrogen) atoms. The van der Waals surface area contributed by atoms with E-state index in [1.807, 2.05) is 34.6 Å². The number of nitrogens with zero attached hydrogens (tertiary/aromatic N) is 3. The largest absolute Gasteiger partial charge is 0.444 e. The Morgan fingerprint density at radius 2 is 2.00 bits per heavy atom. The summed E-state index contributed by atoms with van der Waals surface area (Å²) in [6.07, 6.45) is 3.71. The van der Waals surface area contributed by atoms with Crippen LogP contribution in [-0.2, 0) is 4.74 Å². The molecule has 9 heteroatoms. The molecule has 8 nitrogen and oxygen atoms in total. The van der Waals surface area contributed by atoms with Gasteiger partial charge in [-0.25, -0.2) is 14.8 Å². The minimum absolute atomic E-state index is 0.0571.